The lowest BCUT2D eigenvalue weighted by Gasteiger charge is -2.22. The van der Waals surface area contributed by atoms with Crippen LogP contribution in [0.25, 0.3) is 0 Å². The maximum atomic E-state index is 12.3. The van der Waals surface area contributed by atoms with Crippen molar-refractivity contribution in [3.05, 3.63) is 35.9 Å². The molecule has 26 heavy (non-hydrogen) atoms. The van der Waals surface area contributed by atoms with Crippen LogP contribution in [0.3, 0.4) is 0 Å². The number of amides is 2. The second kappa shape index (κ2) is 6.44. The zero-order valence-corrected chi connectivity index (χ0v) is 13.8. The van der Waals surface area contributed by atoms with E-state index in [0.29, 0.717) is 12.0 Å². The molecule has 5 atom stereocenters. The summed E-state index contributed by atoms with van der Waals surface area (Å²) in [6, 6.07) is 8.38. The molecule has 2 saturated carbocycles. The molecule has 8 nitrogen and oxygen atoms in total. The van der Waals surface area contributed by atoms with Crippen molar-refractivity contribution in [2.75, 3.05) is 6.61 Å². The van der Waals surface area contributed by atoms with Crippen LogP contribution in [0.15, 0.2) is 30.3 Å². The van der Waals surface area contributed by atoms with E-state index >= 15 is 0 Å². The third-order valence-corrected chi connectivity index (χ3v) is 5.45. The van der Waals surface area contributed by atoms with Gasteiger partial charge in [-0.25, -0.2) is 0 Å². The predicted octanol–water partition coefficient (Wildman–Crippen LogP) is 0.188. The highest BCUT2D eigenvalue weighted by molar-refractivity contribution is 5.95. The average Bonchev–Trinajstić information content (AvgIpc) is 3.27. The number of hydrogen-bond donors (Lipinski definition) is 2. The van der Waals surface area contributed by atoms with Gasteiger partial charge in [0.2, 0.25) is 0 Å². The van der Waals surface area contributed by atoms with Gasteiger partial charge in [0, 0.05) is 11.5 Å². The molecule has 0 spiro atoms. The molecule has 0 radical (unpaired) electrons. The third kappa shape index (κ3) is 2.81. The van der Waals surface area contributed by atoms with E-state index in [9.17, 15) is 19.2 Å². The quantitative estimate of drug-likeness (QED) is 0.587. The molecule has 1 aliphatic heterocycles. The normalized spacial score (nSPS) is 30.6. The van der Waals surface area contributed by atoms with E-state index in [1.165, 1.54) is 0 Å². The summed E-state index contributed by atoms with van der Waals surface area (Å²) in [5.74, 6) is -2.80. The first-order valence-electron chi connectivity index (χ1n) is 8.56. The minimum Gasteiger partial charge on any atom is -0.462 e. The van der Waals surface area contributed by atoms with Gasteiger partial charge in [0.1, 0.15) is 6.10 Å². The summed E-state index contributed by atoms with van der Waals surface area (Å²) in [5.41, 5.74) is 4.83. The van der Waals surface area contributed by atoms with Crippen LogP contribution in [0, 0.1) is 23.7 Å². The average molecular weight is 358 g/mol. The Labute approximate surface area is 149 Å². The fourth-order valence-corrected chi connectivity index (χ4v) is 4.38. The molecule has 8 heteroatoms. The minimum atomic E-state index is -0.655. The van der Waals surface area contributed by atoms with E-state index in [2.05, 4.69) is 10.9 Å². The standard InChI is InChI=1S/C18H18N2O6/c21-13(19-20-16(22)9-4-2-1-3-5-9)8-25-17(23)14-10-6-11-12(7-10)26-18(24)15(11)14/h1-5,10-12,14-15H,6-8H2,(H,19,21)(H,20,22)/t10-,11+,12-,14-,15+/m1/s1. The van der Waals surface area contributed by atoms with Gasteiger partial charge in [-0.05, 0) is 30.9 Å². The SMILES string of the molecule is O=C(COC(=O)[C@@H]1[C@@H]2C[C@@H]3[C@@H]1C(=O)O[C@@H]3C2)NNC(=O)c1ccccc1. The Kier molecular flexibility index (Phi) is 4.10. The molecule has 1 saturated heterocycles. The Balaban J connectivity index is 1.25. The van der Waals surface area contributed by atoms with Crippen LogP contribution >= 0.6 is 0 Å². The molecule has 136 valence electrons. The Hall–Kier alpha value is -2.90. The number of fused-ring (bicyclic) bond motifs is 1. The zero-order valence-electron chi connectivity index (χ0n) is 13.8. The molecule has 3 aliphatic rings. The number of hydrogen-bond acceptors (Lipinski definition) is 6. The molecule has 4 rings (SSSR count). The summed E-state index contributed by atoms with van der Waals surface area (Å²) < 4.78 is 10.3. The summed E-state index contributed by atoms with van der Waals surface area (Å²) in [5, 5.41) is 0. The lowest BCUT2D eigenvalue weighted by Crippen LogP contribution is -2.44. The molecule has 2 N–H and O–H groups in total. The smallest absolute Gasteiger partial charge is 0.310 e. The minimum absolute atomic E-state index is 0.0574. The van der Waals surface area contributed by atoms with Crippen LogP contribution in [0.5, 0.6) is 0 Å². The molecule has 0 unspecified atom stereocenters. The van der Waals surface area contributed by atoms with Crippen molar-refractivity contribution in [3.8, 4) is 0 Å². The van der Waals surface area contributed by atoms with Gasteiger partial charge in [-0.2, -0.15) is 0 Å². The van der Waals surface area contributed by atoms with E-state index in [-0.39, 0.29) is 23.9 Å². The third-order valence-electron chi connectivity index (χ3n) is 5.45. The number of benzene rings is 1. The van der Waals surface area contributed by atoms with Crippen molar-refractivity contribution in [1.82, 2.24) is 10.9 Å². The van der Waals surface area contributed by atoms with E-state index < -0.39 is 36.2 Å². The molecule has 2 bridgehead atoms. The van der Waals surface area contributed by atoms with Crippen LogP contribution in [-0.4, -0.2) is 36.5 Å². The summed E-state index contributed by atoms with van der Waals surface area (Å²) >= 11 is 0. The maximum absolute atomic E-state index is 12.3. The van der Waals surface area contributed by atoms with E-state index in [0.717, 1.165) is 6.42 Å². The van der Waals surface area contributed by atoms with E-state index in [1.54, 1.807) is 30.3 Å². The number of carbonyl (C=O) groups is 4. The number of esters is 2. The summed E-state index contributed by atoms with van der Waals surface area (Å²) in [4.78, 5) is 47.8. The highest BCUT2D eigenvalue weighted by Gasteiger charge is 2.64. The lowest BCUT2D eigenvalue weighted by atomic mass is 9.80. The summed E-state index contributed by atoms with van der Waals surface area (Å²) in [6.45, 7) is -0.521. The fourth-order valence-electron chi connectivity index (χ4n) is 4.38. The number of rotatable bonds is 4. The number of hydrazine groups is 1. The van der Waals surface area contributed by atoms with Gasteiger partial charge in [0.05, 0.1) is 11.8 Å². The molecular weight excluding hydrogens is 340 g/mol. The molecule has 1 aromatic rings. The monoisotopic (exact) mass is 358 g/mol. The fraction of sp³-hybridized carbons (Fsp3) is 0.444. The van der Waals surface area contributed by atoms with Crippen molar-refractivity contribution in [2.45, 2.75) is 18.9 Å². The van der Waals surface area contributed by atoms with Crippen LogP contribution < -0.4 is 10.9 Å². The van der Waals surface area contributed by atoms with Gasteiger partial charge in [-0.15, -0.1) is 0 Å². The van der Waals surface area contributed by atoms with Crippen LogP contribution in [0.1, 0.15) is 23.2 Å². The predicted molar refractivity (Wildman–Crippen MR) is 86.1 cm³/mol. The summed E-state index contributed by atoms with van der Waals surface area (Å²) in [6.07, 6.45) is 1.42. The maximum Gasteiger partial charge on any atom is 0.310 e. The first-order valence-corrected chi connectivity index (χ1v) is 8.56. The molecule has 3 fully saturated rings. The number of ether oxygens (including phenoxy) is 2. The first-order chi connectivity index (χ1) is 12.5. The lowest BCUT2D eigenvalue weighted by molar-refractivity contribution is -0.158. The Morgan fingerprint density at radius 1 is 1.12 bits per heavy atom. The molecule has 2 amide bonds. The Morgan fingerprint density at radius 2 is 1.88 bits per heavy atom. The van der Waals surface area contributed by atoms with Gasteiger partial charge in [0.25, 0.3) is 11.8 Å². The van der Waals surface area contributed by atoms with Crippen molar-refractivity contribution in [1.29, 1.82) is 0 Å². The van der Waals surface area contributed by atoms with Gasteiger partial charge < -0.3 is 9.47 Å². The van der Waals surface area contributed by atoms with Crippen LogP contribution in [-0.2, 0) is 23.9 Å². The van der Waals surface area contributed by atoms with Gasteiger partial charge >= 0.3 is 11.9 Å². The van der Waals surface area contributed by atoms with Gasteiger partial charge in [-0.1, -0.05) is 18.2 Å². The van der Waals surface area contributed by atoms with Gasteiger partial charge in [0.15, 0.2) is 6.61 Å². The number of nitrogens with one attached hydrogen (secondary N) is 2. The number of carbonyl (C=O) groups excluding carboxylic acids is 4. The molecule has 2 aliphatic carbocycles. The largest absolute Gasteiger partial charge is 0.462 e. The highest BCUT2D eigenvalue weighted by Crippen LogP contribution is 2.57. The van der Waals surface area contributed by atoms with Crippen molar-refractivity contribution >= 4 is 23.8 Å². The van der Waals surface area contributed by atoms with E-state index in [1.807, 2.05) is 0 Å². The first kappa shape index (κ1) is 16.6. The zero-order chi connectivity index (χ0) is 18.3. The van der Waals surface area contributed by atoms with Crippen molar-refractivity contribution < 1.29 is 28.7 Å². The highest BCUT2D eigenvalue weighted by atomic mass is 16.6. The van der Waals surface area contributed by atoms with E-state index in [4.69, 9.17) is 9.47 Å². The Bertz CT molecular complexity index is 762. The molecule has 1 aromatic carbocycles. The van der Waals surface area contributed by atoms with Crippen LogP contribution in [0.4, 0.5) is 0 Å². The second-order valence-corrected chi connectivity index (χ2v) is 6.90. The van der Waals surface area contributed by atoms with Crippen LogP contribution in [0.2, 0.25) is 0 Å². The molecular formula is C18H18N2O6. The van der Waals surface area contributed by atoms with Gasteiger partial charge in [-0.3, -0.25) is 30.0 Å². The second-order valence-electron chi connectivity index (χ2n) is 6.90. The molecule has 0 aromatic heterocycles. The topological polar surface area (TPSA) is 111 Å². The summed E-state index contributed by atoms with van der Waals surface area (Å²) in [7, 11) is 0. The molecule has 1 heterocycles. The van der Waals surface area contributed by atoms with Crippen molar-refractivity contribution in [2.24, 2.45) is 23.7 Å². The van der Waals surface area contributed by atoms with Crippen molar-refractivity contribution in [3.63, 3.8) is 0 Å². The Morgan fingerprint density at radius 3 is 2.65 bits per heavy atom.